The molecule has 0 spiro atoms. The Hall–Kier alpha value is -3.26. The molecule has 1 N–H and O–H groups in total. The standard InChI is InChI=1S/C18H14ClN5O3/c19-12-8-4-5-9-13(12)20-14(25)10-23-16-15(21-22-23)17(26)24(18(16)27)11-6-2-1-3-7-11/h1-9,15-16H,10H2,(H,20,25)/t15-,16+/m0/s1. The summed E-state index contributed by atoms with van der Waals surface area (Å²) in [6.07, 6.45) is 0. The van der Waals surface area contributed by atoms with Gasteiger partial charge in [0.15, 0.2) is 12.1 Å². The van der Waals surface area contributed by atoms with Crippen LogP contribution in [0.2, 0.25) is 5.02 Å². The van der Waals surface area contributed by atoms with Crippen LogP contribution in [0.3, 0.4) is 0 Å². The maximum absolute atomic E-state index is 12.8. The molecule has 2 aromatic rings. The lowest BCUT2D eigenvalue weighted by Gasteiger charge is -2.20. The van der Waals surface area contributed by atoms with Gasteiger partial charge in [-0.3, -0.25) is 19.4 Å². The van der Waals surface area contributed by atoms with E-state index in [9.17, 15) is 14.4 Å². The van der Waals surface area contributed by atoms with E-state index in [1.807, 2.05) is 0 Å². The molecule has 1 fully saturated rings. The lowest BCUT2D eigenvalue weighted by atomic mass is 10.1. The van der Waals surface area contributed by atoms with E-state index in [1.54, 1.807) is 54.6 Å². The summed E-state index contributed by atoms with van der Waals surface area (Å²) in [4.78, 5) is 38.8. The summed E-state index contributed by atoms with van der Waals surface area (Å²) in [6, 6.07) is 13.5. The maximum Gasteiger partial charge on any atom is 0.263 e. The summed E-state index contributed by atoms with van der Waals surface area (Å²) in [7, 11) is 0. The molecule has 0 saturated carbocycles. The predicted molar refractivity (Wildman–Crippen MR) is 98.2 cm³/mol. The minimum atomic E-state index is -0.939. The van der Waals surface area contributed by atoms with Crippen molar-refractivity contribution in [3.8, 4) is 0 Å². The van der Waals surface area contributed by atoms with Gasteiger partial charge in [0.1, 0.15) is 6.54 Å². The molecule has 1 saturated heterocycles. The molecule has 2 atom stereocenters. The van der Waals surface area contributed by atoms with Crippen molar-refractivity contribution in [2.45, 2.75) is 12.1 Å². The first-order valence-electron chi connectivity index (χ1n) is 8.21. The van der Waals surface area contributed by atoms with Crippen LogP contribution in [0.25, 0.3) is 0 Å². The quantitative estimate of drug-likeness (QED) is 0.819. The first-order chi connectivity index (χ1) is 13.1. The van der Waals surface area contributed by atoms with Crippen LogP contribution in [0, 0.1) is 0 Å². The molecule has 0 unspecified atom stereocenters. The minimum Gasteiger partial charge on any atom is -0.323 e. The number of benzene rings is 2. The van der Waals surface area contributed by atoms with Crippen LogP contribution in [0.1, 0.15) is 0 Å². The zero-order valence-electron chi connectivity index (χ0n) is 13.9. The third-order valence-corrected chi connectivity index (χ3v) is 4.66. The van der Waals surface area contributed by atoms with Gasteiger partial charge in [0.05, 0.1) is 16.4 Å². The van der Waals surface area contributed by atoms with E-state index in [1.165, 1.54) is 5.01 Å². The molecule has 2 aliphatic rings. The van der Waals surface area contributed by atoms with Crippen LogP contribution in [-0.4, -0.2) is 41.4 Å². The van der Waals surface area contributed by atoms with Gasteiger partial charge < -0.3 is 5.32 Å². The van der Waals surface area contributed by atoms with E-state index in [-0.39, 0.29) is 6.54 Å². The molecular weight excluding hydrogens is 370 g/mol. The predicted octanol–water partition coefficient (Wildman–Crippen LogP) is 2.27. The molecule has 3 amide bonds. The van der Waals surface area contributed by atoms with Crippen LogP contribution in [-0.2, 0) is 14.4 Å². The Kier molecular flexibility index (Phi) is 4.33. The topological polar surface area (TPSA) is 94.4 Å². The maximum atomic E-state index is 12.8. The first kappa shape index (κ1) is 17.2. The number of para-hydroxylation sites is 2. The Morgan fingerprint density at radius 1 is 1.04 bits per heavy atom. The molecule has 0 aliphatic carbocycles. The van der Waals surface area contributed by atoms with Crippen molar-refractivity contribution in [3.63, 3.8) is 0 Å². The third-order valence-electron chi connectivity index (χ3n) is 4.33. The highest BCUT2D eigenvalue weighted by Crippen LogP contribution is 2.31. The van der Waals surface area contributed by atoms with Crippen molar-refractivity contribution in [2.24, 2.45) is 10.3 Å². The average Bonchev–Trinajstić information content (AvgIpc) is 3.18. The van der Waals surface area contributed by atoms with E-state index in [0.717, 1.165) is 4.90 Å². The molecule has 8 nitrogen and oxygen atoms in total. The zero-order chi connectivity index (χ0) is 19.0. The van der Waals surface area contributed by atoms with Crippen LogP contribution in [0.5, 0.6) is 0 Å². The molecular formula is C18H14ClN5O3. The second-order valence-electron chi connectivity index (χ2n) is 6.07. The number of anilines is 2. The lowest BCUT2D eigenvalue weighted by Crippen LogP contribution is -2.43. The first-order valence-corrected chi connectivity index (χ1v) is 8.59. The van der Waals surface area contributed by atoms with Crippen LogP contribution >= 0.6 is 11.6 Å². The van der Waals surface area contributed by atoms with Gasteiger partial charge in [-0.1, -0.05) is 47.2 Å². The number of carbonyl (C=O) groups is 3. The fraction of sp³-hybridized carbons (Fsp3) is 0.167. The van der Waals surface area contributed by atoms with E-state index >= 15 is 0 Å². The van der Waals surface area contributed by atoms with Gasteiger partial charge in [-0.15, -0.1) is 0 Å². The molecule has 4 rings (SSSR count). The molecule has 0 radical (unpaired) electrons. The summed E-state index contributed by atoms with van der Waals surface area (Å²) in [5.74, 6) is -1.32. The van der Waals surface area contributed by atoms with Crippen LogP contribution in [0.15, 0.2) is 64.9 Å². The van der Waals surface area contributed by atoms with Gasteiger partial charge in [-0.05, 0) is 24.3 Å². The highest BCUT2D eigenvalue weighted by Gasteiger charge is 2.55. The van der Waals surface area contributed by atoms with Crippen molar-refractivity contribution in [1.82, 2.24) is 5.01 Å². The number of fused-ring (bicyclic) bond motifs is 1. The molecule has 0 aromatic heterocycles. The molecule has 2 heterocycles. The Bertz CT molecular complexity index is 949. The molecule has 136 valence electrons. The summed E-state index contributed by atoms with van der Waals surface area (Å²) in [5.41, 5.74) is 0.925. The number of imide groups is 1. The number of carbonyl (C=O) groups excluding carboxylic acids is 3. The molecule has 27 heavy (non-hydrogen) atoms. The second kappa shape index (κ2) is 6.81. The van der Waals surface area contributed by atoms with Gasteiger partial charge in [0.25, 0.3) is 11.8 Å². The van der Waals surface area contributed by atoms with E-state index in [0.29, 0.717) is 16.4 Å². The summed E-state index contributed by atoms with van der Waals surface area (Å²) in [5, 5.41) is 12.0. The molecule has 0 bridgehead atoms. The number of hydrogen-bond donors (Lipinski definition) is 1. The van der Waals surface area contributed by atoms with Crippen LogP contribution < -0.4 is 10.2 Å². The Labute approximate surface area is 159 Å². The zero-order valence-corrected chi connectivity index (χ0v) is 14.7. The van der Waals surface area contributed by atoms with Crippen molar-refractivity contribution < 1.29 is 14.4 Å². The summed E-state index contributed by atoms with van der Waals surface area (Å²) in [6.45, 7) is -0.225. The van der Waals surface area contributed by atoms with E-state index < -0.39 is 29.8 Å². The van der Waals surface area contributed by atoms with Crippen molar-refractivity contribution >= 4 is 40.7 Å². The third kappa shape index (κ3) is 3.04. The Balaban J connectivity index is 1.49. The summed E-state index contributed by atoms with van der Waals surface area (Å²) >= 11 is 6.03. The van der Waals surface area contributed by atoms with Crippen LogP contribution in [0.4, 0.5) is 11.4 Å². The lowest BCUT2D eigenvalue weighted by molar-refractivity contribution is -0.123. The van der Waals surface area contributed by atoms with Gasteiger partial charge in [0.2, 0.25) is 5.91 Å². The number of nitrogens with one attached hydrogen (secondary N) is 1. The second-order valence-corrected chi connectivity index (χ2v) is 6.47. The van der Waals surface area contributed by atoms with Crippen molar-refractivity contribution in [3.05, 3.63) is 59.6 Å². The van der Waals surface area contributed by atoms with Gasteiger partial charge >= 0.3 is 0 Å². The highest BCUT2D eigenvalue weighted by atomic mass is 35.5. The van der Waals surface area contributed by atoms with Gasteiger partial charge in [-0.2, -0.15) is 5.11 Å². The fourth-order valence-corrected chi connectivity index (χ4v) is 3.27. The smallest absolute Gasteiger partial charge is 0.263 e. The van der Waals surface area contributed by atoms with E-state index in [4.69, 9.17) is 11.6 Å². The molecule has 2 aliphatic heterocycles. The van der Waals surface area contributed by atoms with Gasteiger partial charge in [-0.25, -0.2) is 4.90 Å². The van der Waals surface area contributed by atoms with Crippen molar-refractivity contribution in [1.29, 1.82) is 0 Å². The SMILES string of the molecule is O=C(CN1N=N[C@@H]2C(=O)N(c3ccccc3)C(=O)[C@@H]21)Nc1ccccc1Cl. The monoisotopic (exact) mass is 383 g/mol. The number of halogens is 1. The minimum absolute atomic E-state index is 0.225. The van der Waals surface area contributed by atoms with Gasteiger partial charge in [0, 0.05) is 0 Å². The number of nitrogens with zero attached hydrogens (tertiary/aromatic N) is 4. The summed E-state index contributed by atoms with van der Waals surface area (Å²) < 4.78 is 0. The van der Waals surface area contributed by atoms with E-state index in [2.05, 4.69) is 15.7 Å². The largest absolute Gasteiger partial charge is 0.323 e. The molecule has 2 aromatic carbocycles. The number of hydrogen-bond acceptors (Lipinski definition) is 6. The van der Waals surface area contributed by atoms with Crippen molar-refractivity contribution in [2.75, 3.05) is 16.8 Å². The molecule has 9 heteroatoms. The average molecular weight is 384 g/mol. The normalized spacial score (nSPS) is 20.9. The Morgan fingerprint density at radius 2 is 1.74 bits per heavy atom. The number of amides is 3. The number of rotatable bonds is 4. The highest BCUT2D eigenvalue weighted by molar-refractivity contribution is 6.33. The fourth-order valence-electron chi connectivity index (χ4n) is 3.08. The Morgan fingerprint density at radius 3 is 2.48 bits per heavy atom.